The summed E-state index contributed by atoms with van der Waals surface area (Å²) in [5.41, 5.74) is 1.16. The highest BCUT2D eigenvalue weighted by Crippen LogP contribution is 2.34. The van der Waals surface area contributed by atoms with Crippen molar-refractivity contribution in [2.75, 3.05) is 18.4 Å². The average Bonchev–Trinajstić information content (AvgIpc) is 3.18. The third-order valence-electron chi connectivity index (χ3n) is 5.51. The van der Waals surface area contributed by atoms with E-state index in [0.29, 0.717) is 41.7 Å². The lowest BCUT2D eigenvalue weighted by Crippen LogP contribution is -2.35. The van der Waals surface area contributed by atoms with Crippen molar-refractivity contribution in [3.63, 3.8) is 0 Å². The van der Waals surface area contributed by atoms with E-state index in [4.69, 9.17) is 21.1 Å². The molecule has 0 aromatic heterocycles. The molecule has 0 unspecified atom stereocenters. The fourth-order valence-corrected chi connectivity index (χ4v) is 5.69. The number of amides is 1. The smallest absolute Gasteiger partial charge is 0.265 e. The third-order valence-corrected chi connectivity index (χ3v) is 7.64. The Morgan fingerprint density at radius 2 is 1.91 bits per heavy atom. The van der Waals surface area contributed by atoms with Crippen LogP contribution in [0.1, 0.15) is 38.7 Å². The zero-order valence-corrected chi connectivity index (χ0v) is 19.7. The van der Waals surface area contributed by atoms with Crippen LogP contribution in [0.15, 0.2) is 41.3 Å². The highest BCUT2D eigenvalue weighted by Gasteiger charge is 2.31. The van der Waals surface area contributed by atoms with E-state index in [2.05, 4.69) is 5.32 Å². The first-order chi connectivity index (χ1) is 15.2. The molecule has 1 fully saturated rings. The number of anilines is 1. The molecule has 1 atom stereocenters. The highest BCUT2D eigenvalue weighted by molar-refractivity contribution is 7.89. The fraction of sp³-hybridized carbons (Fsp3) is 0.435. The number of benzene rings is 2. The minimum atomic E-state index is -3.65. The summed E-state index contributed by atoms with van der Waals surface area (Å²) in [4.78, 5) is 13.1. The molecular formula is C23H27ClN2O5S. The van der Waals surface area contributed by atoms with Crippen LogP contribution in [0, 0.1) is 0 Å². The largest absolute Gasteiger partial charge is 0.489 e. The summed E-state index contributed by atoms with van der Waals surface area (Å²) in [5, 5.41) is 3.40. The van der Waals surface area contributed by atoms with Gasteiger partial charge in [0.25, 0.3) is 5.91 Å². The molecule has 0 radical (unpaired) electrons. The Labute approximate surface area is 193 Å². The minimum Gasteiger partial charge on any atom is -0.489 e. The lowest BCUT2D eigenvalue weighted by Gasteiger charge is -2.26. The SMILES string of the molecule is CC(C)Oc1ccc(S(=O)(=O)N2CCCCC2)cc1NC(=O)[C@@H]1Cc2cc(Cl)ccc2O1. The monoisotopic (exact) mass is 478 g/mol. The molecule has 4 rings (SSSR count). The number of hydrogen-bond donors (Lipinski definition) is 1. The first-order valence-electron chi connectivity index (χ1n) is 10.8. The van der Waals surface area contributed by atoms with E-state index in [1.54, 1.807) is 24.3 Å². The molecular weight excluding hydrogens is 452 g/mol. The summed E-state index contributed by atoms with van der Waals surface area (Å²) < 4.78 is 39.4. The number of piperidine rings is 1. The van der Waals surface area contributed by atoms with E-state index in [1.807, 2.05) is 13.8 Å². The minimum absolute atomic E-state index is 0.133. The average molecular weight is 479 g/mol. The van der Waals surface area contributed by atoms with Crippen LogP contribution in [-0.4, -0.2) is 43.9 Å². The Bertz CT molecular complexity index is 1110. The standard InChI is InChI=1S/C23H27ClN2O5S/c1-15(2)30-21-9-7-18(32(28,29)26-10-4-3-5-11-26)14-19(21)25-23(27)22-13-16-12-17(24)6-8-20(16)31-22/h6-9,12,14-15,22H,3-5,10-11,13H2,1-2H3,(H,25,27)/t22-/m0/s1. The molecule has 2 aliphatic rings. The Hall–Kier alpha value is -2.29. The van der Waals surface area contributed by atoms with Crippen molar-refractivity contribution < 1.29 is 22.7 Å². The van der Waals surface area contributed by atoms with Crippen LogP contribution >= 0.6 is 11.6 Å². The molecule has 0 saturated carbocycles. The molecule has 7 nitrogen and oxygen atoms in total. The molecule has 9 heteroatoms. The molecule has 2 aromatic carbocycles. The lowest BCUT2D eigenvalue weighted by atomic mass is 10.1. The van der Waals surface area contributed by atoms with Gasteiger partial charge in [0.15, 0.2) is 6.10 Å². The number of rotatable bonds is 6. The van der Waals surface area contributed by atoms with Gasteiger partial charge in [0, 0.05) is 24.5 Å². The predicted octanol–water partition coefficient (Wildman–Crippen LogP) is 4.24. The van der Waals surface area contributed by atoms with E-state index in [1.165, 1.54) is 16.4 Å². The van der Waals surface area contributed by atoms with Gasteiger partial charge in [0.1, 0.15) is 11.5 Å². The summed E-state index contributed by atoms with van der Waals surface area (Å²) in [6.07, 6.45) is 2.22. The van der Waals surface area contributed by atoms with Crippen LogP contribution in [0.4, 0.5) is 5.69 Å². The summed E-state index contributed by atoms with van der Waals surface area (Å²) in [5.74, 6) is 0.651. The first kappa shape index (κ1) is 22.9. The topological polar surface area (TPSA) is 84.9 Å². The maximum absolute atomic E-state index is 13.1. The van der Waals surface area contributed by atoms with Gasteiger partial charge in [-0.25, -0.2) is 8.42 Å². The molecule has 32 heavy (non-hydrogen) atoms. The fourth-order valence-electron chi connectivity index (χ4n) is 3.95. The van der Waals surface area contributed by atoms with Crippen molar-refractivity contribution in [2.45, 2.75) is 56.6 Å². The normalized spacial score (nSPS) is 18.8. The number of carbonyl (C=O) groups excluding carboxylic acids is 1. The van der Waals surface area contributed by atoms with Crippen molar-refractivity contribution in [1.29, 1.82) is 0 Å². The zero-order chi connectivity index (χ0) is 22.9. The van der Waals surface area contributed by atoms with Crippen LogP contribution in [0.3, 0.4) is 0 Å². The van der Waals surface area contributed by atoms with E-state index < -0.39 is 16.1 Å². The molecule has 2 aliphatic heterocycles. The van der Waals surface area contributed by atoms with E-state index in [0.717, 1.165) is 24.8 Å². The Balaban J connectivity index is 1.58. The number of sulfonamides is 1. The van der Waals surface area contributed by atoms with Crippen molar-refractivity contribution in [1.82, 2.24) is 4.31 Å². The van der Waals surface area contributed by atoms with Crippen LogP contribution in [0.25, 0.3) is 0 Å². The number of fused-ring (bicyclic) bond motifs is 1. The highest BCUT2D eigenvalue weighted by atomic mass is 35.5. The maximum Gasteiger partial charge on any atom is 0.265 e. The molecule has 1 N–H and O–H groups in total. The van der Waals surface area contributed by atoms with Gasteiger partial charge in [-0.15, -0.1) is 0 Å². The van der Waals surface area contributed by atoms with E-state index in [9.17, 15) is 13.2 Å². The van der Waals surface area contributed by atoms with Gasteiger partial charge < -0.3 is 14.8 Å². The quantitative estimate of drug-likeness (QED) is 0.671. The second kappa shape index (κ2) is 9.29. The second-order valence-corrected chi connectivity index (χ2v) is 10.7. The van der Waals surface area contributed by atoms with Gasteiger partial charge >= 0.3 is 0 Å². The van der Waals surface area contributed by atoms with Crippen LogP contribution in [-0.2, 0) is 21.2 Å². The molecule has 0 aliphatic carbocycles. The molecule has 2 aromatic rings. The molecule has 1 amide bonds. The summed E-state index contributed by atoms with van der Waals surface area (Å²) in [6.45, 7) is 4.74. The van der Waals surface area contributed by atoms with Crippen LogP contribution in [0.2, 0.25) is 5.02 Å². The Kier molecular flexibility index (Phi) is 6.65. The number of hydrogen-bond acceptors (Lipinski definition) is 5. The Morgan fingerprint density at radius 1 is 1.16 bits per heavy atom. The van der Waals surface area contributed by atoms with Crippen molar-refractivity contribution in [3.8, 4) is 11.5 Å². The molecule has 172 valence electrons. The van der Waals surface area contributed by atoms with Crippen LogP contribution < -0.4 is 14.8 Å². The van der Waals surface area contributed by atoms with Crippen molar-refractivity contribution in [3.05, 3.63) is 47.0 Å². The molecule has 2 heterocycles. The second-order valence-electron chi connectivity index (χ2n) is 8.34. The molecule has 0 bridgehead atoms. The van der Waals surface area contributed by atoms with Gasteiger partial charge in [-0.05, 0) is 68.7 Å². The zero-order valence-electron chi connectivity index (χ0n) is 18.1. The predicted molar refractivity (Wildman–Crippen MR) is 123 cm³/mol. The number of carbonyl (C=O) groups is 1. The van der Waals surface area contributed by atoms with Crippen LogP contribution in [0.5, 0.6) is 11.5 Å². The number of nitrogens with zero attached hydrogens (tertiary/aromatic N) is 1. The maximum atomic E-state index is 13.1. The molecule has 1 saturated heterocycles. The van der Waals surface area contributed by atoms with Gasteiger partial charge in [-0.1, -0.05) is 18.0 Å². The first-order valence-corrected chi connectivity index (χ1v) is 12.6. The lowest BCUT2D eigenvalue weighted by molar-refractivity contribution is -0.122. The summed E-state index contributed by atoms with van der Waals surface area (Å²) >= 11 is 6.04. The number of nitrogens with one attached hydrogen (secondary N) is 1. The third kappa shape index (κ3) is 4.87. The van der Waals surface area contributed by atoms with E-state index >= 15 is 0 Å². The summed E-state index contributed by atoms with van der Waals surface area (Å²) in [7, 11) is -3.65. The van der Waals surface area contributed by atoms with Gasteiger partial charge in [0.2, 0.25) is 10.0 Å². The van der Waals surface area contributed by atoms with Crippen molar-refractivity contribution >= 4 is 33.2 Å². The van der Waals surface area contributed by atoms with Gasteiger partial charge in [-0.3, -0.25) is 4.79 Å². The number of halogens is 1. The van der Waals surface area contributed by atoms with E-state index in [-0.39, 0.29) is 16.9 Å². The molecule has 0 spiro atoms. The van der Waals surface area contributed by atoms with Gasteiger partial charge in [0.05, 0.1) is 16.7 Å². The van der Waals surface area contributed by atoms with Gasteiger partial charge in [-0.2, -0.15) is 4.31 Å². The number of ether oxygens (including phenoxy) is 2. The Morgan fingerprint density at radius 3 is 2.62 bits per heavy atom. The summed E-state index contributed by atoms with van der Waals surface area (Å²) in [6, 6.07) is 9.83. The van der Waals surface area contributed by atoms with Crippen molar-refractivity contribution in [2.24, 2.45) is 0 Å².